The van der Waals surface area contributed by atoms with Crippen molar-refractivity contribution in [1.29, 1.82) is 0 Å². The maximum atomic E-state index is 12.1. The minimum absolute atomic E-state index is 0.0167. The number of likely N-dealkylation sites (tertiary alicyclic amines) is 1. The number of rotatable bonds is 3. The van der Waals surface area contributed by atoms with Crippen LogP contribution in [-0.2, 0) is 0 Å². The average Bonchev–Trinajstić information content (AvgIpc) is 2.53. The van der Waals surface area contributed by atoms with E-state index in [9.17, 15) is 9.59 Å². The first-order valence-corrected chi connectivity index (χ1v) is 8.09. The van der Waals surface area contributed by atoms with Crippen LogP contribution in [0.4, 0.5) is 4.79 Å². The summed E-state index contributed by atoms with van der Waals surface area (Å²) in [6, 6.07) is 3.58. The van der Waals surface area contributed by atoms with Gasteiger partial charge in [0.25, 0.3) is 5.91 Å². The van der Waals surface area contributed by atoms with Crippen LogP contribution in [0.15, 0.2) is 24.5 Å². The standard InChI is InChI=1S/C17H26N4O2/c1-17(2,3)12-19-16(23)21-9-6-14(7-10-21)20-15(22)13-5-4-8-18-11-13/h4-5,8,11,14H,6-7,9-10,12H2,1-3H3,(H,19,23)(H,20,22). The molecule has 1 fully saturated rings. The lowest BCUT2D eigenvalue weighted by Gasteiger charge is -2.33. The molecule has 0 saturated carbocycles. The van der Waals surface area contributed by atoms with E-state index in [1.165, 1.54) is 0 Å². The van der Waals surface area contributed by atoms with Crippen LogP contribution in [0.25, 0.3) is 0 Å². The first-order valence-electron chi connectivity index (χ1n) is 8.09. The van der Waals surface area contributed by atoms with Gasteiger partial charge in [0, 0.05) is 38.1 Å². The molecule has 0 radical (unpaired) electrons. The molecule has 23 heavy (non-hydrogen) atoms. The predicted octanol–water partition coefficient (Wildman–Crippen LogP) is 2.03. The van der Waals surface area contributed by atoms with Gasteiger partial charge in [0.05, 0.1) is 5.56 Å². The molecule has 126 valence electrons. The summed E-state index contributed by atoms with van der Waals surface area (Å²) in [6.45, 7) is 8.25. The fraction of sp³-hybridized carbons (Fsp3) is 0.588. The molecule has 0 unspecified atom stereocenters. The summed E-state index contributed by atoms with van der Waals surface area (Å²) < 4.78 is 0. The molecule has 0 atom stereocenters. The van der Waals surface area contributed by atoms with Crippen molar-refractivity contribution in [3.8, 4) is 0 Å². The van der Waals surface area contributed by atoms with E-state index >= 15 is 0 Å². The molecule has 1 saturated heterocycles. The number of nitrogens with zero attached hydrogens (tertiary/aromatic N) is 2. The summed E-state index contributed by atoms with van der Waals surface area (Å²) in [5.41, 5.74) is 0.643. The lowest BCUT2D eigenvalue weighted by Crippen LogP contribution is -2.50. The van der Waals surface area contributed by atoms with E-state index in [0.717, 1.165) is 12.8 Å². The van der Waals surface area contributed by atoms with Crippen LogP contribution in [0.2, 0.25) is 0 Å². The van der Waals surface area contributed by atoms with E-state index in [1.54, 1.807) is 24.5 Å². The predicted molar refractivity (Wildman–Crippen MR) is 89.2 cm³/mol. The average molecular weight is 318 g/mol. The highest BCUT2D eigenvalue weighted by Crippen LogP contribution is 2.13. The van der Waals surface area contributed by atoms with Crippen molar-refractivity contribution in [2.75, 3.05) is 19.6 Å². The van der Waals surface area contributed by atoms with Crippen LogP contribution < -0.4 is 10.6 Å². The molecule has 0 spiro atoms. The highest BCUT2D eigenvalue weighted by Gasteiger charge is 2.24. The highest BCUT2D eigenvalue weighted by atomic mass is 16.2. The number of carbonyl (C=O) groups is 2. The van der Waals surface area contributed by atoms with Crippen molar-refractivity contribution in [3.63, 3.8) is 0 Å². The molecular formula is C17H26N4O2. The number of carbonyl (C=O) groups excluding carboxylic acids is 2. The van der Waals surface area contributed by atoms with Crippen LogP contribution in [0, 0.1) is 5.41 Å². The third kappa shape index (κ3) is 5.54. The molecule has 6 nitrogen and oxygen atoms in total. The number of amides is 3. The number of urea groups is 1. The minimum Gasteiger partial charge on any atom is -0.349 e. The van der Waals surface area contributed by atoms with Gasteiger partial charge in [0.15, 0.2) is 0 Å². The monoisotopic (exact) mass is 318 g/mol. The van der Waals surface area contributed by atoms with Crippen LogP contribution in [0.5, 0.6) is 0 Å². The van der Waals surface area contributed by atoms with E-state index in [1.807, 2.05) is 4.90 Å². The minimum atomic E-state index is -0.103. The Labute approximate surface area is 137 Å². The Bertz CT molecular complexity index is 531. The van der Waals surface area contributed by atoms with Gasteiger partial charge in [-0.25, -0.2) is 4.79 Å². The quantitative estimate of drug-likeness (QED) is 0.895. The largest absolute Gasteiger partial charge is 0.349 e. The van der Waals surface area contributed by atoms with Gasteiger partial charge in [-0.3, -0.25) is 9.78 Å². The van der Waals surface area contributed by atoms with Crippen LogP contribution in [0.1, 0.15) is 44.0 Å². The molecule has 2 heterocycles. The topological polar surface area (TPSA) is 74.3 Å². The summed E-state index contributed by atoms with van der Waals surface area (Å²) >= 11 is 0. The Morgan fingerprint density at radius 3 is 2.57 bits per heavy atom. The molecule has 1 aromatic rings. The normalized spacial score (nSPS) is 16.0. The van der Waals surface area contributed by atoms with Gasteiger partial charge in [-0.15, -0.1) is 0 Å². The van der Waals surface area contributed by atoms with Gasteiger partial charge >= 0.3 is 6.03 Å². The Morgan fingerprint density at radius 1 is 1.30 bits per heavy atom. The number of aromatic nitrogens is 1. The number of hydrogen-bond donors (Lipinski definition) is 2. The molecule has 2 rings (SSSR count). The summed E-state index contributed by atoms with van der Waals surface area (Å²) in [4.78, 5) is 30.0. The molecule has 1 aliphatic rings. The molecule has 6 heteroatoms. The first kappa shape index (κ1) is 17.2. The Hall–Kier alpha value is -2.11. The Morgan fingerprint density at radius 2 is 2.00 bits per heavy atom. The first-order chi connectivity index (χ1) is 10.8. The molecule has 1 aromatic heterocycles. The van der Waals surface area contributed by atoms with Gasteiger partial charge in [0.1, 0.15) is 0 Å². The maximum absolute atomic E-state index is 12.1. The molecule has 1 aliphatic heterocycles. The van der Waals surface area contributed by atoms with E-state index in [2.05, 4.69) is 36.4 Å². The number of pyridine rings is 1. The van der Waals surface area contributed by atoms with Crippen molar-refractivity contribution < 1.29 is 9.59 Å². The van der Waals surface area contributed by atoms with Crippen molar-refractivity contribution in [2.45, 2.75) is 39.7 Å². The lowest BCUT2D eigenvalue weighted by atomic mass is 9.97. The van der Waals surface area contributed by atoms with Gasteiger partial charge in [-0.05, 0) is 30.4 Å². The molecule has 0 aromatic carbocycles. The number of hydrogen-bond acceptors (Lipinski definition) is 3. The second kappa shape index (κ2) is 7.44. The zero-order chi connectivity index (χ0) is 16.9. The van der Waals surface area contributed by atoms with E-state index in [0.29, 0.717) is 25.2 Å². The van der Waals surface area contributed by atoms with Crippen molar-refractivity contribution >= 4 is 11.9 Å². The van der Waals surface area contributed by atoms with Crippen LogP contribution >= 0.6 is 0 Å². The second-order valence-corrected chi connectivity index (χ2v) is 7.20. The fourth-order valence-corrected chi connectivity index (χ4v) is 2.45. The molecule has 0 aliphatic carbocycles. The SMILES string of the molecule is CC(C)(C)CNC(=O)N1CCC(NC(=O)c2cccnc2)CC1. The molecular weight excluding hydrogens is 292 g/mol. The Balaban J connectivity index is 1.75. The van der Waals surface area contributed by atoms with Gasteiger partial charge < -0.3 is 15.5 Å². The van der Waals surface area contributed by atoms with E-state index in [-0.39, 0.29) is 23.4 Å². The lowest BCUT2D eigenvalue weighted by molar-refractivity contribution is 0.0917. The van der Waals surface area contributed by atoms with Crippen molar-refractivity contribution in [3.05, 3.63) is 30.1 Å². The zero-order valence-corrected chi connectivity index (χ0v) is 14.1. The summed E-state index contributed by atoms with van der Waals surface area (Å²) in [5.74, 6) is -0.103. The second-order valence-electron chi connectivity index (χ2n) is 7.20. The maximum Gasteiger partial charge on any atom is 0.317 e. The third-order valence-corrected chi connectivity index (χ3v) is 3.81. The van der Waals surface area contributed by atoms with E-state index < -0.39 is 0 Å². The highest BCUT2D eigenvalue weighted by molar-refractivity contribution is 5.94. The fourth-order valence-electron chi connectivity index (χ4n) is 2.45. The van der Waals surface area contributed by atoms with Crippen molar-refractivity contribution in [2.24, 2.45) is 5.41 Å². The van der Waals surface area contributed by atoms with Crippen LogP contribution in [-0.4, -0.2) is 47.5 Å². The smallest absolute Gasteiger partial charge is 0.317 e. The zero-order valence-electron chi connectivity index (χ0n) is 14.1. The van der Waals surface area contributed by atoms with Gasteiger partial charge in [-0.2, -0.15) is 0 Å². The summed E-state index contributed by atoms with van der Waals surface area (Å²) in [6.07, 6.45) is 4.75. The van der Waals surface area contributed by atoms with Gasteiger partial charge in [-0.1, -0.05) is 20.8 Å². The molecule has 3 amide bonds. The number of nitrogens with one attached hydrogen (secondary N) is 2. The van der Waals surface area contributed by atoms with E-state index in [4.69, 9.17) is 0 Å². The van der Waals surface area contributed by atoms with Crippen molar-refractivity contribution in [1.82, 2.24) is 20.5 Å². The molecule has 2 N–H and O–H groups in total. The van der Waals surface area contributed by atoms with Gasteiger partial charge in [0.2, 0.25) is 0 Å². The van der Waals surface area contributed by atoms with Crippen LogP contribution in [0.3, 0.4) is 0 Å². The summed E-state index contributed by atoms with van der Waals surface area (Å²) in [5, 5.41) is 5.98. The molecule has 0 bridgehead atoms. The third-order valence-electron chi connectivity index (χ3n) is 3.81. The number of piperidine rings is 1. The summed E-state index contributed by atoms with van der Waals surface area (Å²) in [7, 11) is 0. The Kier molecular flexibility index (Phi) is 5.58.